The number of carbonyl (C=O) groups is 1. The molecule has 1 N–H and O–H groups in total. The predicted octanol–water partition coefficient (Wildman–Crippen LogP) is 4.52. The zero-order valence-corrected chi connectivity index (χ0v) is 13.4. The first-order valence-electron chi connectivity index (χ1n) is 6.67. The van der Waals surface area contributed by atoms with E-state index in [1.807, 2.05) is 37.3 Å². The molecule has 6 heteroatoms. The molecule has 1 amide bonds. The lowest BCUT2D eigenvalue weighted by atomic mass is 10.2. The maximum Gasteiger partial charge on any atom is 0.257 e. The molecule has 4 nitrogen and oxygen atoms in total. The molecule has 0 radical (unpaired) electrons. The highest BCUT2D eigenvalue weighted by atomic mass is 35.5. The van der Waals surface area contributed by atoms with E-state index in [0.29, 0.717) is 10.2 Å². The van der Waals surface area contributed by atoms with Gasteiger partial charge < -0.3 is 9.73 Å². The van der Waals surface area contributed by atoms with Crippen molar-refractivity contribution in [1.82, 2.24) is 4.98 Å². The fourth-order valence-electron chi connectivity index (χ4n) is 1.97. The van der Waals surface area contributed by atoms with E-state index in [0.717, 1.165) is 22.4 Å². The van der Waals surface area contributed by atoms with Crippen LogP contribution >= 0.6 is 23.4 Å². The van der Waals surface area contributed by atoms with Crippen LogP contribution in [0.15, 0.2) is 52.1 Å². The van der Waals surface area contributed by atoms with Gasteiger partial charge in [0.15, 0.2) is 5.58 Å². The predicted molar refractivity (Wildman–Crippen MR) is 89.6 cm³/mol. The molecule has 0 spiro atoms. The molecule has 2 aromatic carbocycles. The van der Waals surface area contributed by atoms with Crippen molar-refractivity contribution in [3.63, 3.8) is 0 Å². The highest BCUT2D eigenvalue weighted by molar-refractivity contribution is 7.99. The van der Waals surface area contributed by atoms with E-state index in [2.05, 4.69) is 10.3 Å². The minimum Gasteiger partial charge on any atom is -0.431 e. The fraction of sp³-hybridized carbons (Fsp3) is 0.125. The minimum atomic E-state index is -0.127. The van der Waals surface area contributed by atoms with Gasteiger partial charge in [-0.15, -0.1) is 0 Å². The molecule has 3 rings (SSSR count). The van der Waals surface area contributed by atoms with Crippen LogP contribution in [-0.4, -0.2) is 16.6 Å². The number of carbonyl (C=O) groups excluding carboxylic acids is 1. The standard InChI is InChI=1S/C16H13ClN2O2S/c1-10-11(17)5-4-7-12(10)18-15(20)9-22-16-19-13-6-2-3-8-14(13)21-16/h2-8H,9H2,1H3,(H,18,20). The molecule has 0 saturated carbocycles. The Kier molecular flexibility index (Phi) is 4.36. The Morgan fingerprint density at radius 2 is 2.09 bits per heavy atom. The average Bonchev–Trinajstić information content (AvgIpc) is 2.93. The van der Waals surface area contributed by atoms with Crippen LogP contribution in [0.5, 0.6) is 0 Å². The Morgan fingerprint density at radius 1 is 1.27 bits per heavy atom. The van der Waals surface area contributed by atoms with Crippen molar-refractivity contribution < 1.29 is 9.21 Å². The van der Waals surface area contributed by atoms with Gasteiger partial charge in [0.2, 0.25) is 5.91 Å². The summed E-state index contributed by atoms with van der Waals surface area (Å²) in [6.07, 6.45) is 0. The van der Waals surface area contributed by atoms with Gasteiger partial charge in [-0.1, -0.05) is 41.6 Å². The second-order valence-corrected chi connectivity index (χ2v) is 6.03. The Balaban J connectivity index is 1.63. The zero-order valence-electron chi connectivity index (χ0n) is 11.8. The van der Waals surface area contributed by atoms with Crippen LogP contribution in [0.4, 0.5) is 5.69 Å². The summed E-state index contributed by atoms with van der Waals surface area (Å²) in [5.74, 6) is 0.0938. The van der Waals surface area contributed by atoms with E-state index in [1.54, 1.807) is 12.1 Å². The Hall–Kier alpha value is -1.98. The number of anilines is 1. The molecule has 1 aromatic heterocycles. The van der Waals surface area contributed by atoms with Crippen LogP contribution in [0.1, 0.15) is 5.56 Å². The number of fused-ring (bicyclic) bond motifs is 1. The summed E-state index contributed by atoms with van der Waals surface area (Å²) in [5.41, 5.74) is 3.08. The lowest BCUT2D eigenvalue weighted by Gasteiger charge is -2.08. The number of amides is 1. The molecule has 0 aliphatic rings. The molecule has 0 atom stereocenters. The maximum atomic E-state index is 12.0. The number of aromatic nitrogens is 1. The SMILES string of the molecule is Cc1c(Cl)cccc1NC(=O)CSc1nc2ccccc2o1. The monoisotopic (exact) mass is 332 g/mol. The number of nitrogens with zero attached hydrogens (tertiary/aromatic N) is 1. The van der Waals surface area contributed by atoms with E-state index in [4.69, 9.17) is 16.0 Å². The van der Waals surface area contributed by atoms with Gasteiger partial charge in [-0.3, -0.25) is 4.79 Å². The molecular formula is C16H13ClN2O2S. The second kappa shape index (κ2) is 6.42. The number of benzene rings is 2. The smallest absolute Gasteiger partial charge is 0.257 e. The number of hydrogen-bond acceptors (Lipinski definition) is 4. The van der Waals surface area contributed by atoms with Gasteiger partial charge in [0, 0.05) is 10.7 Å². The number of thioether (sulfide) groups is 1. The average molecular weight is 333 g/mol. The van der Waals surface area contributed by atoms with Crippen LogP contribution in [0.2, 0.25) is 5.02 Å². The van der Waals surface area contributed by atoms with Gasteiger partial charge in [0.05, 0.1) is 5.75 Å². The third-order valence-corrected chi connectivity index (χ3v) is 4.38. The van der Waals surface area contributed by atoms with Gasteiger partial charge in [-0.25, -0.2) is 4.98 Å². The van der Waals surface area contributed by atoms with Crippen LogP contribution in [0, 0.1) is 6.92 Å². The Labute approximate surface area is 136 Å². The Morgan fingerprint density at radius 3 is 2.91 bits per heavy atom. The number of oxazole rings is 1. The first-order chi connectivity index (χ1) is 10.6. The lowest BCUT2D eigenvalue weighted by Crippen LogP contribution is -2.14. The summed E-state index contributed by atoms with van der Waals surface area (Å²) in [7, 11) is 0. The number of hydrogen-bond donors (Lipinski definition) is 1. The minimum absolute atomic E-state index is 0.127. The van der Waals surface area contributed by atoms with E-state index in [9.17, 15) is 4.79 Å². The van der Waals surface area contributed by atoms with Gasteiger partial charge >= 0.3 is 0 Å². The third-order valence-electron chi connectivity index (χ3n) is 3.14. The summed E-state index contributed by atoms with van der Waals surface area (Å²) in [6.45, 7) is 1.87. The normalized spacial score (nSPS) is 10.8. The Bertz CT molecular complexity index is 799. The van der Waals surface area contributed by atoms with E-state index in [1.165, 1.54) is 11.8 Å². The number of nitrogens with one attached hydrogen (secondary N) is 1. The quantitative estimate of drug-likeness (QED) is 0.714. The largest absolute Gasteiger partial charge is 0.431 e. The zero-order chi connectivity index (χ0) is 15.5. The van der Waals surface area contributed by atoms with Crippen LogP contribution < -0.4 is 5.32 Å². The van der Waals surface area contributed by atoms with Crippen molar-refractivity contribution in [2.75, 3.05) is 11.1 Å². The van der Waals surface area contributed by atoms with Crippen molar-refractivity contribution in [1.29, 1.82) is 0 Å². The van der Waals surface area contributed by atoms with Gasteiger partial charge in [0.1, 0.15) is 5.52 Å². The molecular weight excluding hydrogens is 320 g/mol. The van der Waals surface area contributed by atoms with E-state index >= 15 is 0 Å². The number of para-hydroxylation sites is 2. The molecule has 0 unspecified atom stereocenters. The van der Waals surface area contributed by atoms with Crippen LogP contribution in [0.25, 0.3) is 11.1 Å². The highest BCUT2D eigenvalue weighted by Gasteiger charge is 2.10. The highest BCUT2D eigenvalue weighted by Crippen LogP contribution is 2.25. The maximum absolute atomic E-state index is 12.0. The van der Waals surface area contributed by atoms with Crippen molar-refractivity contribution in [3.05, 3.63) is 53.1 Å². The summed E-state index contributed by atoms with van der Waals surface area (Å²) >= 11 is 7.29. The molecule has 0 saturated heterocycles. The molecule has 0 aliphatic carbocycles. The molecule has 1 heterocycles. The van der Waals surface area contributed by atoms with Crippen molar-refractivity contribution in [2.45, 2.75) is 12.1 Å². The summed E-state index contributed by atoms with van der Waals surface area (Å²) in [6, 6.07) is 12.9. The number of rotatable bonds is 4. The van der Waals surface area contributed by atoms with Crippen LogP contribution in [0.3, 0.4) is 0 Å². The molecule has 22 heavy (non-hydrogen) atoms. The number of halogens is 1. The van der Waals surface area contributed by atoms with Crippen LogP contribution in [-0.2, 0) is 4.79 Å². The summed E-state index contributed by atoms with van der Waals surface area (Å²) in [4.78, 5) is 16.3. The van der Waals surface area contributed by atoms with Crippen molar-refractivity contribution in [2.24, 2.45) is 0 Å². The van der Waals surface area contributed by atoms with Crippen molar-refractivity contribution in [3.8, 4) is 0 Å². The van der Waals surface area contributed by atoms with Crippen molar-refractivity contribution >= 4 is 46.1 Å². The summed E-state index contributed by atoms with van der Waals surface area (Å²) < 4.78 is 5.56. The molecule has 3 aromatic rings. The molecule has 112 valence electrons. The summed E-state index contributed by atoms with van der Waals surface area (Å²) in [5, 5.41) is 3.96. The van der Waals surface area contributed by atoms with E-state index in [-0.39, 0.29) is 11.7 Å². The molecule has 0 aliphatic heterocycles. The van der Waals surface area contributed by atoms with Gasteiger partial charge in [-0.05, 0) is 36.8 Å². The van der Waals surface area contributed by atoms with Gasteiger partial charge in [0.25, 0.3) is 5.22 Å². The first kappa shape index (κ1) is 14.9. The fourth-order valence-corrected chi connectivity index (χ4v) is 2.78. The third kappa shape index (κ3) is 3.26. The second-order valence-electron chi connectivity index (χ2n) is 4.70. The molecule has 0 fully saturated rings. The first-order valence-corrected chi connectivity index (χ1v) is 8.03. The topological polar surface area (TPSA) is 55.1 Å². The lowest BCUT2D eigenvalue weighted by molar-refractivity contribution is -0.113. The van der Waals surface area contributed by atoms with E-state index < -0.39 is 0 Å². The van der Waals surface area contributed by atoms with Gasteiger partial charge in [-0.2, -0.15) is 0 Å². The molecule has 0 bridgehead atoms.